The number of aliphatic imine (C=N–C) groups is 1. The first kappa shape index (κ1) is 15.4. The zero-order chi connectivity index (χ0) is 17.6. The Hall–Kier alpha value is -3.15. The molecular formula is C19H19N5O. The van der Waals surface area contributed by atoms with Gasteiger partial charge in [0.05, 0.1) is 23.9 Å². The van der Waals surface area contributed by atoms with E-state index in [0.717, 1.165) is 22.5 Å². The summed E-state index contributed by atoms with van der Waals surface area (Å²) >= 11 is 0. The largest absolute Gasteiger partial charge is 0.369 e. The molecule has 25 heavy (non-hydrogen) atoms. The van der Waals surface area contributed by atoms with Crippen molar-refractivity contribution < 1.29 is 4.79 Å². The molecule has 0 saturated carbocycles. The maximum absolute atomic E-state index is 12.2. The van der Waals surface area contributed by atoms with Crippen molar-refractivity contribution in [3.05, 3.63) is 60.4 Å². The number of carbonyl (C=O) groups is 1. The number of imidazole rings is 1. The smallest absolute Gasteiger partial charge is 0.231 e. The van der Waals surface area contributed by atoms with Crippen LogP contribution < -0.4 is 5.73 Å². The second-order valence-electron chi connectivity index (χ2n) is 6.53. The lowest BCUT2D eigenvalue weighted by Gasteiger charge is -2.33. The van der Waals surface area contributed by atoms with Crippen molar-refractivity contribution in [2.24, 2.45) is 10.7 Å². The van der Waals surface area contributed by atoms with E-state index in [4.69, 9.17) is 5.73 Å². The van der Waals surface area contributed by atoms with Crippen molar-refractivity contribution in [2.45, 2.75) is 18.9 Å². The molecule has 4 rings (SSSR count). The van der Waals surface area contributed by atoms with Crippen molar-refractivity contribution in [1.82, 2.24) is 14.3 Å². The topological polar surface area (TPSA) is 76.0 Å². The summed E-state index contributed by atoms with van der Waals surface area (Å²) in [5, 5.41) is 0. The van der Waals surface area contributed by atoms with E-state index in [1.54, 1.807) is 7.05 Å². The van der Waals surface area contributed by atoms with Crippen LogP contribution in [0.1, 0.15) is 18.9 Å². The number of fused-ring (bicyclic) bond motifs is 1. The predicted octanol–water partition coefficient (Wildman–Crippen LogP) is 2.39. The Morgan fingerprint density at radius 2 is 1.92 bits per heavy atom. The zero-order valence-electron chi connectivity index (χ0n) is 14.2. The molecule has 0 radical (unpaired) electrons. The third kappa shape index (κ3) is 2.46. The SMILES string of the molecule is CN1C(=O)C[C@@](C)(c2ccc3ncc(-c4ccccc4)n3c2)N=C1N. The summed E-state index contributed by atoms with van der Waals surface area (Å²) in [6.07, 6.45) is 4.14. The average Bonchev–Trinajstić information content (AvgIpc) is 3.03. The summed E-state index contributed by atoms with van der Waals surface area (Å²) in [5.41, 5.74) is 9.11. The third-order valence-electron chi connectivity index (χ3n) is 4.77. The van der Waals surface area contributed by atoms with Gasteiger partial charge in [0, 0.05) is 18.8 Å². The summed E-state index contributed by atoms with van der Waals surface area (Å²) in [4.78, 5) is 22.7. The molecule has 0 unspecified atom stereocenters. The maximum atomic E-state index is 12.2. The second kappa shape index (κ2) is 5.44. The van der Waals surface area contributed by atoms with Gasteiger partial charge in [-0.15, -0.1) is 0 Å². The molecule has 0 aliphatic carbocycles. The summed E-state index contributed by atoms with van der Waals surface area (Å²) in [6.45, 7) is 1.94. The van der Waals surface area contributed by atoms with Crippen LogP contribution in [0.5, 0.6) is 0 Å². The van der Waals surface area contributed by atoms with Crippen molar-refractivity contribution in [1.29, 1.82) is 0 Å². The predicted molar refractivity (Wildman–Crippen MR) is 97.0 cm³/mol. The first-order valence-electron chi connectivity index (χ1n) is 8.13. The Kier molecular flexibility index (Phi) is 3.35. The molecule has 1 aromatic carbocycles. The number of nitrogens with two attached hydrogens (primary N) is 1. The Morgan fingerprint density at radius 3 is 2.64 bits per heavy atom. The number of guanidine groups is 1. The lowest BCUT2D eigenvalue weighted by Crippen LogP contribution is -2.47. The standard InChI is InChI=1S/C19H19N5O/c1-19(10-17(25)23(2)18(20)22-19)14-8-9-16-21-11-15(24(16)12-14)13-6-4-3-5-7-13/h3-9,11-12H,10H2,1-2H3,(H2,20,22)/t19-/m0/s1. The Labute approximate surface area is 145 Å². The summed E-state index contributed by atoms with van der Waals surface area (Å²) in [5.74, 6) is 0.205. The van der Waals surface area contributed by atoms with Gasteiger partial charge < -0.3 is 5.73 Å². The number of pyridine rings is 1. The van der Waals surface area contributed by atoms with Crippen LogP contribution in [0.15, 0.2) is 59.9 Å². The van der Waals surface area contributed by atoms with Crippen LogP contribution in [-0.2, 0) is 10.3 Å². The fourth-order valence-electron chi connectivity index (χ4n) is 3.20. The molecule has 6 nitrogen and oxygen atoms in total. The van der Waals surface area contributed by atoms with Gasteiger partial charge in [-0.25, -0.2) is 9.98 Å². The van der Waals surface area contributed by atoms with Gasteiger partial charge in [-0.1, -0.05) is 36.4 Å². The number of carbonyl (C=O) groups excluding carboxylic acids is 1. The van der Waals surface area contributed by atoms with Gasteiger partial charge >= 0.3 is 0 Å². The van der Waals surface area contributed by atoms with E-state index in [1.165, 1.54) is 4.90 Å². The summed E-state index contributed by atoms with van der Waals surface area (Å²) in [6, 6.07) is 14.0. The number of rotatable bonds is 2. The first-order chi connectivity index (χ1) is 12.0. The third-order valence-corrected chi connectivity index (χ3v) is 4.77. The van der Waals surface area contributed by atoms with Crippen LogP contribution in [0.2, 0.25) is 0 Å². The number of amides is 1. The average molecular weight is 333 g/mol. The molecule has 0 fully saturated rings. The molecule has 3 aromatic rings. The maximum Gasteiger partial charge on any atom is 0.231 e. The zero-order valence-corrected chi connectivity index (χ0v) is 14.2. The molecule has 6 heteroatoms. The fraction of sp³-hybridized carbons (Fsp3) is 0.211. The van der Waals surface area contributed by atoms with Crippen molar-refractivity contribution in [3.8, 4) is 11.3 Å². The van der Waals surface area contributed by atoms with Crippen molar-refractivity contribution in [3.63, 3.8) is 0 Å². The molecule has 0 saturated heterocycles. The fourth-order valence-corrected chi connectivity index (χ4v) is 3.20. The monoisotopic (exact) mass is 333 g/mol. The lowest BCUT2D eigenvalue weighted by molar-refractivity contribution is -0.128. The van der Waals surface area contributed by atoms with Crippen LogP contribution in [0, 0.1) is 0 Å². The Morgan fingerprint density at radius 1 is 1.16 bits per heavy atom. The number of aromatic nitrogens is 2. The van der Waals surface area contributed by atoms with Crippen LogP contribution in [0.3, 0.4) is 0 Å². The molecule has 0 bridgehead atoms. The highest BCUT2D eigenvalue weighted by molar-refractivity contribution is 5.98. The van der Waals surface area contributed by atoms with Gasteiger partial charge in [-0.2, -0.15) is 0 Å². The van der Waals surface area contributed by atoms with E-state index in [-0.39, 0.29) is 18.3 Å². The van der Waals surface area contributed by atoms with Gasteiger partial charge in [0.15, 0.2) is 5.96 Å². The normalized spacial score (nSPS) is 20.8. The minimum atomic E-state index is -0.680. The number of hydrogen-bond donors (Lipinski definition) is 1. The van der Waals surface area contributed by atoms with Crippen LogP contribution in [0.4, 0.5) is 0 Å². The lowest BCUT2D eigenvalue weighted by atomic mass is 9.89. The first-order valence-corrected chi connectivity index (χ1v) is 8.13. The van der Waals surface area contributed by atoms with Gasteiger partial charge in [-0.3, -0.25) is 14.1 Å². The van der Waals surface area contributed by atoms with Gasteiger partial charge in [-0.05, 0) is 18.6 Å². The van der Waals surface area contributed by atoms with Crippen LogP contribution in [0.25, 0.3) is 16.9 Å². The van der Waals surface area contributed by atoms with Crippen molar-refractivity contribution in [2.75, 3.05) is 7.05 Å². The minimum absolute atomic E-state index is 0.0380. The molecule has 126 valence electrons. The molecule has 3 heterocycles. The van der Waals surface area contributed by atoms with E-state index >= 15 is 0 Å². The molecular weight excluding hydrogens is 314 g/mol. The van der Waals surface area contributed by atoms with Gasteiger partial charge in [0.25, 0.3) is 0 Å². The van der Waals surface area contributed by atoms with Crippen LogP contribution in [-0.4, -0.2) is 33.2 Å². The molecule has 0 spiro atoms. The molecule has 1 aliphatic heterocycles. The molecule has 1 amide bonds. The van der Waals surface area contributed by atoms with E-state index in [1.807, 2.05) is 66.2 Å². The number of benzene rings is 1. The second-order valence-corrected chi connectivity index (χ2v) is 6.53. The number of hydrogen-bond acceptors (Lipinski definition) is 4. The van der Waals surface area contributed by atoms with Crippen molar-refractivity contribution >= 4 is 17.5 Å². The van der Waals surface area contributed by atoms with E-state index in [2.05, 4.69) is 9.98 Å². The summed E-state index contributed by atoms with van der Waals surface area (Å²) < 4.78 is 2.03. The number of nitrogens with zero attached hydrogens (tertiary/aromatic N) is 4. The van der Waals surface area contributed by atoms with Gasteiger partial charge in [0.1, 0.15) is 5.65 Å². The van der Waals surface area contributed by atoms with E-state index < -0.39 is 5.54 Å². The summed E-state index contributed by atoms with van der Waals surface area (Å²) in [7, 11) is 1.65. The Bertz CT molecular complexity index is 991. The van der Waals surface area contributed by atoms with Crippen LogP contribution >= 0.6 is 0 Å². The molecule has 1 atom stereocenters. The minimum Gasteiger partial charge on any atom is -0.369 e. The van der Waals surface area contributed by atoms with E-state index in [9.17, 15) is 4.79 Å². The molecule has 2 N–H and O–H groups in total. The molecule has 1 aliphatic rings. The van der Waals surface area contributed by atoms with Gasteiger partial charge in [0.2, 0.25) is 5.91 Å². The highest BCUT2D eigenvalue weighted by Gasteiger charge is 2.36. The highest BCUT2D eigenvalue weighted by atomic mass is 16.2. The highest BCUT2D eigenvalue weighted by Crippen LogP contribution is 2.33. The quantitative estimate of drug-likeness (QED) is 0.782. The Balaban J connectivity index is 1.86. The van der Waals surface area contributed by atoms with E-state index in [0.29, 0.717) is 0 Å². The molecule has 2 aromatic heterocycles.